The standard InChI is InChI=1S/C14H16ClFO/c15-12-3-1-2-9(13(12)16)8-14(17,10-4-5-10)11-6-7-11/h1-3,10-11,17H,4-8H2. The van der Waals surface area contributed by atoms with E-state index in [0.29, 0.717) is 23.8 Å². The number of hydrogen-bond acceptors (Lipinski definition) is 1. The van der Waals surface area contributed by atoms with Crippen LogP contribution in [0, 0.1) is 17.7 Å². The van der Waals surface area contributed by atoms with Gasteiger partial charge < -0.3 is 5.11 Å². The zero-order chi connectivity index (χ0) is 12.0. The van der Waals surface area contributed by atoms with Crippen molar-refractivity contribution in [2.24, 2.45) is 11.8 Å². The van der Waals surface area contributed by atoms with Gasteiger partial charge in [0.1, 0.15) is 5.82 Å². The molecule has 1 aromatic carbocycles. The summed E-state index contributed by atoms with van der Waals surface area (Å²) in [6.07, 6.45) is 4.73. The second-order valence-corrected chi connectivity index (χ2v) is 5.84. The van der Waals surface area contributed by atoms with E-state index in [9.17, 15) is 9.50 Å². The molecule has 92 valence electrons. The number of aliphatic hydroxyl groups is 1. The minimum Gasteiger partial charge on any atom is -0.389 e. The van der Waals surface area contributed by atoms with E-state index >= 15 is 0 Å². The Kier molecular flexibility index (Phi) is 2.68. The van der Waals surface area contributed by atoms with Crippen LogP contribution in [0.4, 0.5) is 4.39 Å². The molecule has 0 heterocycles. The predicted octanol–water partition coefficient (Wildman–Crippen LogP) is 3.57. The topological polar surface area (TPSA) is 20.2 Å². The Bertz CT molecular complexity index is 426. The summed E-state index contributed by atoms with van der Waals surface area (Å²) in [6, 6.07) is 5.03. The molecule has 0 amide bonds. The lowest BCUT2D eigenvalue weighted by atomic mass is 9.85. The molecule has 0 radical (unpaired) electrons. The highest BCUT2D eigenvalue weighted by atomic mass is 35.5. The average molecular weight is 255 g/mol. The minimum absolute atomic E-state index is 0.149. The van der Waals surface area contributed by atoms with E-state index in [0.717, 1.165) is 25.7 Å². The van der Waals surface area contributed by atoms with Crippen molar-refractivity contribution in [3.63, 3.8) is 0 Å². The molecular formula is C14H16ClFO. The first-order valence-corrected chi connectivity index (χ1v) is 6.64. The molecule has 17 heavy (non-hydrogen) atoms. The van der Waals surface area contributed by atoms with Crippen molar-refractivity contribution in [1.29, 1.82) is 0 Å². The molecule has 3 rings (SSSR count). The lowest BCUT2D eigenvalue weighted by molar-refractivity contribution is -0.00521. The van der Waals surface area contributed by atoms with Gasteiger partial charge >= 0.3 is 0 Å². The van der Waals surface area contributed by atoms with Crippen molar-refractivity contribution in [3.8, 4) is 0 Å². The summed E-state index contributed by atoms with van der Waals surface area (Å²) in [5.74, 6) is 0.371. The van der Waals surface area contributed by atoms with Crippen LogP contribution < -0.4 is 0 Å². The molecule has 2 aliphatic rings. The molecule has 0 saturated heterocycles. The van der Waals surface area contributed by atoms with E-state index in [-0.39, 0.29) is 10.8 Å². The molecule has 2 fully saturated rings. The van der Waals surface area contributed by atoms with Gasteiger partial charge in [-0.3, -0.25) is 0 Å². The van der Waals surface area contributed by atoms with Gasteiger partial charge in [-0.2, -0.15) is 0 Å². The van der Waals surface area contributed by atoms with Crippen molar-refractivity contribution >= 4 is 11.6 Å². The molecule has 2 saturated carbocycles. The highest BCUT2D eigenvalue weighted by Gasteiger charge is 2.53. The van der Waals surface area contributed by atoms with Crippen LogP contribution in [-0.2, 0) is 6.42 Å². The molecule has 2 aliphatic carbocycles. The quantitative estimate of drug-likeness (QED) is 0.871. The van der Waals surface area contributed by atoms with Gasteiger partial charge in [0, 0.05) is 6.42 Å². The number of hydrogen-bond donors (Lipinski definition) is 1. The van der Waals surface area contributed by atoms with Crippen molar-refractivity contribution in [2.45, 2.75) is 37.7 Å². The molecule has 1 aromatic rings. The van der Waals surface area contributed by atoms with Gasteiger partial charge in [0.05, 0.1) is 10.6 Å². The molecule has 0 aliphatic heterocycles. The molecule has 0 atom stereocenters. The van der Waals surface area contributed by atoms with Gasteiger partial charge in [0.2, 0.25) is 0 Å². The van der Waals surface area contributed by atoms with Gasteiger partial charge in [-0.05, 0) is 49.1 Å². The van der Waals surface area contributed by atoms with Gasteiger partial charge in [-0.1, -0.05) is 23.7 Å². The fourth-order valence-corrected chi connectivity index (χ4v) is 2.97. The maximum absolute atomic E-state index is 13.9. The van der Waals surface area contributed by atoms with Gasteiger partial charge in [0.15, 0.2) is 0 Å². The maximum Gasteiger partial charge on any atom is 0.145 e. The molecule has 0 spiro atoms. The van der Waals surface area contributed by atoms with E-state index in [1.54, 1.807) is 18.2 Å². The minimum atomic E-state index is -0.689. The van der Waals surface area contributed by atoms with E-state index in [1.807, 2.05) is 0 Å². The van der Waals surface area contributed by atoms with E-state index in [2.05, 4.69) is 0 Å². The SMILES string of the molecule is OC(Cc1cccc(Cl)c1F)(C1CC1)C1CC1. The van der Waals surface area contributed by atoms with E-state index in [4.69, 9.17) is 11.6 Å². The predicted molar refractivity (Wildman–Crippen MR) is 65.5 cm³/mol. The van der Waals surface area contributed by atoms with Gasteiger partial charge in [-0.15, -0.1) is 0 Å². The van der Waals surface area contributed by atoms with Gasteiger partial charge in [-0.25, -0.2) is 4.39 Å². The Hall–Kier alpha value is -0.600. The summed E-state index contributed by atoms with van der Waals surface area (Å²) in [4.78, 5) is 0. The van der Waals surface area contributed by atoms with Crippen LogP contribution in [0.15, 0.2) is 18.2 Å². The molecule has 1 nitrogen and oxygen atoms in total. The summed E-state index contributed by atoms with van der Waals surface area (Å²) in [7, 11) is 0. The molecule has 1 N–H and O–H groups in total. The Morgan fingerprint density at radius 3 is 2.35 bits per heavy atom. The van der Waals surface area contributed by atoms with Crippen LogP contribution in [-0.4, -0.2) is 10.7 Å². The summed E-state index contributed by atoms with van der Waals surface area (Å²) >= 11 is 5.78. The lowest BCUT2D eigenvalue weighted by Gasteiger charge is -2.28. The molecule has 0 bridgehead atoms. The van der Waals surface area contributed by atoms with E-state index in [1.165, 1.54) is 0 Å². The van der Waals surface area contributed by atoms with Crippen LogP contribution in [0.2, 0.25) is 5.02 Å². The highest BCUT2D eigenvalue weighted by molar-refractivity contribution is 6.30. The Morgan fingerprint density at radius 1 is 1.24 bits per heavy atom. The largest absolute Gasteiger partial charge is 0.389 e. The van der Waals surface area contributed by atoms with Crippen LogP contribution in [0.1, 0.15) is 31.2 Å². The highest BCUT2D eigenvalue weighted by Crippen LogP contribution is 2.53. The summed E-state index contributed by atoms with van der Waals surface area (Å²) in [5, 5.41) is 10.9. The van der Waals surface area contributed by atoms with Crippen LogP contribution in [0.5, 0.6) is 0 Å². The zero-order valence-corrected chi connectivity index (χ0v) is 10.4. The van der Waals surface area contributed by atoms with Crippen LogP contribution >= 0.6 is 11.6 Å². The second kappa shape index (κ2) is 3.96. The Morgan fingerprint density at radius 2 is 1.82 bits per heavy atom. The van der Waals surface area contributed by atoms with Crippen LogP contribution in [0.3, 0.4) is 0 Å². The molecule has 0 aromatic heterocycles. The van der Waals surface area contributed by atoms with Crippen molar-refractivity contribution < 1.29 is 9.50 Å². The Balaban J connectivity index is 1.87. The fourth-order valence-electron chi connectivity index (χ4n) is 2.78. The summed E-state index contributed by atoms with van der Waals surface area (Å²) in [5.41, 5.74) is -0.135. The third-order valence-corrected chi connectivity index (χ3v) is 4.37. The van der Waals surface area contributed by atoms with Crippen molar-refractivity contribution in [1.82, 2.24) is 0 Å². The van der Waals surface area contributed by atoms with Crippen molar-refractivity contribution in [2.75, 3.05) is 0 Å². The molecule has 3 heteroatoms. The molecule has 0 unspecified atom stereocenters. The van der Waals surface area contributed by atoms with Gasteiger partial charge in [0.25, 0.3) is 0 Å². The summed E-state index contributed by atoms with van der Waals surface area (Å²) < 4.78 is 13.9. The average Bonchev–Trinajstić information content (AvgIpc) is 3.18. The third-order valence-electron chi connectivity index (χ3n) is 4.07. The van der Waals surface area contributed by atoms with Crippen molar-refractivity contribution in [3.05, 3.63) is 34.6 Å². The first kappa shape index (κ1) is 11.5. The first-order valence-electron chi connectivity index (χ1n) is 6.26. The second-order valence-electron chi connectivity index (χ2n) is 5.43. The Labute approximate surface area is 106 Å². The third kappa shape index (κ3) is 2.09. The van der Waals surface area contributed by atoms with E-state index < -0.39 is 5.60 Å². The molecular weight excluding hydrogens is 239 g/mol. The van der Waals surface area contributed by atoms with Crippen LogP contribution in [0.25, 0.3) is 0 Å². The maximum atomic E-state index is 13.9. The number of rotatable bonds is 4. The zero-order valence-electron chi connectivity index (χ0n) is 9.63. The fraction of sp³-hybridized carbons (Fsp3) is 0.571. The number of benzene rings is 1. The lowest BCUT2D eigenvalue weighted by Crippen LogP contribution is -2.37. The smallest absolute Gasteiger partial charge is 0.145 e. The summed E-state index contributed by atoms with van der Waals surface area (Å²) in [6.45, 7) is 0. The first-order chi connectivity index (χ1) is 8.11. The monoisotopic (exact) mass is 254 g/mol. The number of halogens is 2. The normalized spacial score (nSPS) is 20.6.